The average Bonchev–Trinajstić information content (AvgIpc) is 2.24. The van der Waals surface area contributed by atoms with Crippen molar-refractivity contribution in [1.29, 1.82) is 0 Å². The van der Waals surface area contributed by atoms with Crippen LogP contribution < -0.4 is 0 Å². The van der Waals surface area contributed by atoms with Gasteiger partial charge >= 0.3 is 6.18 Å². The molecule has 0 aliphatic rings. The van der Waals surface area contributed by atoms with E-state index in [0.29, 0.717) is 17.0 Å². The van der Waals surface area contributed by atoms with Gasteiger partial charge in [-0.25, -0.2) is 0 Å². The number of aliphatic hydroxyl groups is 1. The largest absolute Gasteiger partial charge is 0.408 e. The van der Waals surface area contributed by atoms with E-state index in [2.05, 4.69) is 5.10 Å². The summed E-state index contributed by atoms with van der Waals surface area (Å²) in [5.41, 5.74) is 1.27. The van der Waals surface area contributed by atoms with E-state index in [1.165, 1.54) is 6.92 Å². The fraction of sp³-hybridized carbons (Fsp3) is 0.625. The molecule has 1 N–H and O–H groups in total. The van der Waals surface area contributed by atoms with Crippen molar-refractivity contribution in [3.05, 3.63) is 17.0 Å². The fourth-order valence-corrected chi connectivity index (χ4v) is 1.29. The van der Waals surface area contributed by atoms with E-state index in [-0.39, 0.29) is 6.61 Å². The molecule has 1 rings (SSSR count). The van der Waals surface area contributed by atoms with Crippen molar-refractivity contribution >= 4 is 0 Å². The van der Waals surface area contributed by atoms with Crippen LogP contribution in [0, 0.1) is 13.8 Å². The van der Waals surface area contributed by atoms with Gasteiger partial charge in [0.1, 0.15) is 6.54 Å². The minimum atomic E-state index is -4.28. The molecule has 14 heavy (non-hydrogen) atoms. The van der Waals surface area contributed by atoms with Gasteiger partial charge in [-0.15, -0.1) is 0 Å². The number of alkyl halides is 3. The van der Waals surface area contributed by atoms with Gasteiger partial charge < -0.3 is 5.11 Å². The van der Waals surface area contributed by atoms with Gasteiger partial charge in [-0.05, 0) is 13.8 Å². The second-order valence-electron chi connectivity index (χ2n) is 3.08. The Morgan fingerprint density at radius 1 is 1.36 bits per heavy atom. The number of hydrogen-bond acceptors (Lipinski definition) is 2. The van der Waals surface area contributed by atoms with Crippen molar-refractivity contribution in [2.75, 3.05) is 0 Å². The van der Waals surface area contributed by atoms with E-state index in [4.69, 9.17) is 5.11 Å². The number of aliphatic hydroxyl groups excluding tert-OH is 1. The molecule has 1 heterocycles. The third-order valence-electron chi connectivity index (χ3n) is 2.02. The van der Waals surface area contributed by atoms with Crippen LogP contribution in [-0.4, -0.2) is 21.1 Å². The van der Waals surface area contributed by atoms with Crippen LogP contribution in [0.3, 0.4) is 0 Å². The molecule has 80 valence electrons. The van der Waals surface area contributed by atoms with E-state index in [1.807, 2.05) is 0 Å². The molecule has 0 aliphatic carbocycles. The zero-order valence-corrected chi connectivity index (χ0v) is 7.89. The normalized spacial score (nSPS) is 12.1. The summed E-state index contributed by atoms with van der Waals surface area (Å²) in [6.45, 7) is 1.69. The molecule has 0 aliphatic heterocycles. The maximum Gasteiger partial charge on any atom is 0.408 e. The smallest absolute Gasteiger partial charge is 0.392 e. The van der Waals surface area contributed by atoms with Crippen LogP contribution in [-0.2, 0) is 13.2 Å². The number of halogens is 3. The summed E-state index contributed by atoms with van der Waals surface area (Å²) in [6.07, 6.45) is -4.28. The first-order valence-electron chi connectivity index (χ1n) is 4.05. The Morgan fingerprint density at radius 2 is 1.93 bits per heavy atom. The highest BCUT2D eigenvalue weighted by molar-refractivity contribution is 5.23. The number of rotatable bonds is 2. The van der Waals surface area contributed by atoms with Crippen LogP contribution >= 0.6 is 0 Å². The van der Waals surface area contributed by atoms with Crippen molar-refractivity contribution in [3.63, 3.8) is 0 Å². The van der Waals surface area contributed by atoms with Crippen molar-refractivity contribution in [1.82, 2.24) is 9.78 Å². The van der Waals surface area contributed by atoms with Crippen LogP contribution in [0.5, 0.6) is 0 Å². The Kier molecular flexibility index (Phi) is 2.84. The van der Waals surface area contributed by atoms with Gasteiger partial charge in [-0.1, -0.05) is 0 Å². The minimum absolute atomic E-state index is 0.282. The van der Waals surface area contributed by atoms with E-state index < -0.39 is 12.7 Å². The summed E-state index contributed by atoms with van der Waals surface area (Å²) in [5.74, 6) is 0. The molecule has 0 bridgehead atoms. The van der Waals surface area contributed by atoms with Crippen LogP contribution in [0.25, 0.3) is 0 Å². The lowest BCUT2D eigenvalue weighted by Gasteiger charge is -2.08. The van der Waals surface area contributed by atoms with Crippen LogP contribution in [0.4, 0.5) is 13.2 Å². The highest BCUT2D eigenvalue weighted by atomic mass is 19.4. The second-order valence-corrected chi connectivity index (χ2v) is 3.08. The van der Waals surface area contributed by atoms with Crippen LogP contribution in [0.2, 0.25) is 0 Å². The van der Waals surface area contributed by atoms with E-state index in [1.54, 1.807) is 6.92 Å². The Hall–Kier alpha value is -1.04. The van der Waals surface area contributed by atoms with Gasteiger partial charge in [-0.2, -0.15) is 18.3 Å². The van der Waals surface area contributed by atoms with E-state index in [0.717, 1.165) is 4.68 Å². The highest BCUT2D eigenvalue weighted by Crippen LogP contribution is 2.20. The summed E-state index contributed by atoms with van der Waals surface area (Å²) in [5, 5.41) is 12.6. The van der Waals surface area contributed by atoms with Gasteiger partial charge in [0.2, 0.25) is 0 Å². The Bertz CT molecular complexity index is 330. The van der Waals surface area contributed by atoms with E-state index in [9.17, 15) is 13.2 Å². The first-order valence-corrected chi connectivity index (χ1v) is 4.05. The monoisotopic (exact) mass is 208 g/mol. The zero-order chi connectivity index (χ0) is 10.9. The van der Waals surface area contributed by atoms with Crippen molar-refractivity contribution in [2.45, 2.75) is 33.2 Å². The van der Waals surface area contributed by atoms with Crippen LogP contribution in [0.15, 0.2) is 0 Å². The van der Waals surface area contributed by atoms with Crippen molar-refractivity contribution < 1.29 is 18.3 Å². The summed E-state index contributed by atoms with van der Waals surface area (Å²) in [7, 11) is 0. The summed E-state index contributed by atoms with van der Waals surface area (Å²) in [4.78, 5) is 0. The quantitative estimate of drug-likeness (QED) is 0.800. The molecule has 1 aromatic rings. The molecule has 3 nitrogen and oxygen atoms in total. The Balaban J connectivity index is 3.00. The third-order valence-corrected chi connectivity index (χ3v) is 2.02. The topological polar surface area (TPSA) is 38.0 Å². The third kappa shape index (κ3) is 2.25. The summed E-state index contributed by atoms with van der Waals surface area (Å²) < 4.78 is 37.0. The zero-order valence-electron chi connectivity index (χ0n) is 7.89. The van der Waals surface area contributed by atoms with Gasteiger partial charge in [-0.3, -0.25) is 4.68 Å². The minimum Gasteiger partial charge on any atom is -0.392 e. The molecular weight excluding hydrogens is 197 g/mol. The molecule has 1 aromatic heterocycles. The molecule has 0 aromatic carbocycles. The molecule has 0 radical (unpaired) electrons. The van der Waals surface area contributed by atoms with E-state index >= 15 is 0 Å². The van der Waals surface area contributed by atoms with Gasteiger partial charge in [0.25, 0.3) is 0 Å². The molecule has 0 saturated carbocycles. The van der Waals surface area contributed by atoms with Gasteiger partial charge in [0.15, 0.2) is 0 Å². The molecule has 6 heteroatoms. The number of aryl methyl sites for hydroxylation is 1. The molecule has 0 spiro atoms. The molecule has 0 saturated heterocycles. The number of aromatic nitrogens is 2. The Labute approximate surface area is 79.2 Å². The molecule has 0 fully saturated rings. The maximum atomic E-state index is 12.0. The molecule has 0 atom stereocenters. The number of hydrogen-bond donors (Lipinski definition) is 1. The standard InChI is InChI=1S/C8H11F3N2O/c1-5-7(3-14)6(2)13(12-5)4-8(9,10)11/h14H,3-4H2,1-2H3. The van der Waals surface area contributed by atoms with Crippen molar-refractivity contribution in [2.24, 2.45) is 0 Å². The fourth-order valence-electron chi connectivity index (χ4n) is 1.29. The van der Waals surface area contributed by atoms with Gasteiger partial charge in [0, 0.05) is 11.3 Å². The lowest BCUT2D eigenvalue weighted by atomic mass is 10.2. The first kappa shape index (κ1) is 11.0. The maximum absolute atomic E-state index is 12.0. The molecule has 0 amide bonds. The molecule has 0 unspecified atom stereocenters. The lowest BCUT2D eigenvalue weighted by molar-refractivity contribution is -0.143. The van der Waals surface area contributed by atoms with Crippen LogP contribution in [0.1, 0.15) is 17.0 Å². The summed E-state index contributed by atoms with van der Waals surface area (Å²) in [6, 6.07) is 0. The number of nitrogens with zero attached hydrogens (tertiary/aromatic N) is 2. The Morgan fingerprint density at radius 3 is 2.29 bits per heavy atom. The predicted octanol–water partition coefficient (Wildman–Crippen LogP) is 1.55. The van der Waals surface area contributed by atoms with Gasteiger partial charge in [0.05, 0.1) is 12.3 Å². The second kappa shape index (κ2) is 3.61. The summed E-state index contributed by atoms with van der Waals surface area (Å²) >= 11 is 0. The predicted molar refractivity (Wildman–Crippen MR) is 43.7 cm³/mol. The average molecular weight is 208 g/mol. The van der Waals surface area contributed by atoms with Crippen molar-refractivity contribution in [3.8, 4) is 0 Å². The first-order chi connectivity index (χ1) is 6.35. The highest BCUT2D eigenvalue weighted by Gasteiger charge is 2.29. The lowest BCUT2D eigenvalue weighted by Crippen LogP contribution is -2.19. The SMILES string of the molecule is Cc1nn(CC(F)(F)F)c(C)c1CO. The molecular formula is C8H11F3N2O.